The third-order valence-corrected chi connectivity index (χ3v) is 4.16. The van der Waals surface area contributed by atoms with Crippen LogP contribution in [0.15, 0.2) is 59.2 Å². The standard InChI is InChI=1S/C21H20N2O6/c1-3-28-21(25)19-18(12-14-7-9-17(27-2)10-8-14)20(24)23(22-19)16-6-4-5-15(11-16)13-29-26/h4-12,26H,3,13H2,1-2H3. The first-order valence-electron chi connectivity index (χ1n) is 8.89. The summed E-state index contributed by atoms with van der Waals surface area (Å²) in [5, 5.41) is 14.0. The van der Waals surface area contributed by atoms with Gasteiger partial charge in [-0.15, -0.1) is 0 Å². The zero-order chi connectivity index (χ0) is 20.8. The molecule has 8 heteroatoms. The normalized spacial score (nSPS) is 14.9. The molecule has 0 saturated heterocycles. The lowest BCUT2D eigenvalue weighted by atomic mass is 10.1. The molecule has 0 fully saturated rings. The Morgan fingerprint density at radius 3 is 2.62 bits per heavy atom. The van der Waals surface area contributed by atoms with Crippen LogP contribution in [-0.2, 0) is 25.8 Å². The van der Waals surface area contributed by atoms with Gasteiger partial charge in [0, 0.05) is 0 Å². The van der Waals surface area contributed by atoms with Gasteiger partial charge in [-0.05, 0) is 48.4 Å². The van der Waals surface area contributed by atoms with E-state index in [9.17, 15) is 9.59 Å². The molecular weight excluding hydrogens is 376 g/mol. The molecule has 2 aromatic carbocycles. The molecule has 0 unspecified atom stereocenters. The van der Waals surface area contributed by atoms with E-state index in [1.54, 1.807) is 68.6 Å². The molecule has 0 radical (unpaired) electrons. The smallest absolute Gasteiger partial charge is 0.359 e. The number of carbonyl (C=O) groups is 2. The molecule has 29 heavy (non-hydrogen) atoms. The van der Waals surface area contributed by atoms with Crippen molar-refractivity contribution in [2.45, 2.75) is 13.5 Å². The molecule has 0 bridgehead atoms. The average Bonchev–Trinajstić information content (AvgIpc) is 3.06. The first-order valence-corrected chi connectivity index (χ1v) is 8.89. The van der Waals surface area contributed by atoms with Crippen LogP contribution in [0.1, 0.15) is 18.1 Å². The minimum absolute atomic E-state index is 0.0428. The zero-order valence-electron chi connectivity index (χ0n) is 16.0. The number of ether oxygens (including phenoxy) is 2. The van der Waals surface area contributed by atoms with Gasteiger partial charge in [0.15, 0.2) is 5.71 Å². The van der Waals surface area contributed by atoms with Gasteiger partial charge in [0.25, 0.3) is 5.91 Å². The van der Waals surface area contributed by atoms with Crippen molar-refractivity contribution in [3.63, 3.8) is 0 Å². The molecule has 1 amide bonds. The molecule has 3 rings (SSSR count). The summed E-state index contributed by atoms with van der Waals surface area (Å²) in [6.07, 6.45) is 1.58. The summed E-state index contributed by atoms with van der Waals surface area (Å²) in [5.74, 6) is -0.474. The quantitative estimate of drug-likeness (QED) is 0.334. The molecule has 0 saturated carbocycles. The molecule has 150 valence electrons. The van der Waals surface area contributed by atoms with Gasteiger partial charge in [0.1, 0.15) is 12.4 Å². The second kappa shape index (κ2) is 9.13. The predicted octanol–water partition coefficient (Wildman–Crippen LogP) is 3.03. The van der Waals surface area contributed by atoms with E-state index in [2.05, 4.69) is 9.99 Å². The Kier molecular flexibility index (Phi) is 6.38. The van der Waals surface area contributed by atoms with E-state index in [1.165, 1.54) is 0 Å². The Morgan fingerprint density at radius 1 is 1.21 bits per heavy atom. The maximum atomic E-state index is 13.1. The van der Waals surface area contributed by atoms with Crippen LogP contribution in [-0.4, -0.2) is 36.6 Å². The highest BCUT2D eigenvalue weighted by atomic mass is 17.1. The number of anilines is 1. The summed E-state index contributed by atoms with van der Waals surface area (Å²) < 4.78 is 10.2. The van der Waals surface area contributed by atoms with Crippen molar-refractivity contribution >= 4 is 29.4 Å². The van der Waals surface area contributed by atoms with Gasteiger partial charge in [-0.1, -0.05) is 24.3 Å². The summed E-state index contributed by atoms with van der Waals surface area (Å²) in [6, 6.07) is 13.8. The van der Waals surface area contributed by atoms with E-state index in [0.29, 0.717) is 22.6 Å². The van der Waals surface area contributed by atoms with Gasteiger partial charge in [-0.25, -0.2) is 9.68 Å². The van der Waals surface area contributed by atoms with E-state index >= 15 is 0 Å². The Labute approximate surface area is 167 Å². The minimum atomic E-state index is -0.682. The van der Waals surface area contributed by atoms with Gasteiger partial charge in [-0.3, -0.25) is 10.1 Å². The van der Waals surface area contributed by atoms with Crippen LogP contribution >= 0.6 is 0 Å². The summed E-state index contributed by atoms with van der Waals surface area (Å²) in [5.41, 5.74) is 1.83. The SMILES string of the molecule is CCOC(=O)C1=NN(c2cccc(COO)c2)C(=O)C1=Cc1ccc(OC)cc1. The number of amides is 1. The lowest BCUT2D eigenvalue weighted by Crippen LogP contribution is -2.23. The molecule has 0 aliphatic carbocycles. The number of nitrogens with zero attached hydrogens (tertiary/aromatic N) is 2. The fraction of sp³-hybridized carbons (Fsp3) is 0.190. The first kappa shape index (κ1) is 20.2. The van der Waals surface area contributed by atoms with Crippen LogP contribution in [0.25, 0.3) is 6.08 Å². The van der Waals surface area contributed by atoms with Crippen molar-refractivity contribution in [3.8, 4) is 5.75 Å². The number of benzene rings is 2. The molecule has 1 heterocycles. The Bertz CT molecular complexity index is 965. The summed E-state index contributed by atoms with van der Waals surface area (Å²) in [7, 11) is 1.56. The van der Waals surface area contributed by atoms with Crippen molar-refractivity contribution < 1.29 is 29.2 Å². The van der Waals surface area contributed by atoms with Crippen LogP contribution < -0.4 is 9.75 Å². The number of hydrogen-bond acceptors (Lipinski definition) is 7. The van der Waals surface area contributed by atoms with Crippen LogP contribution in [0.4, 0.5) is 5.69 Å². The number of hydrogen-bond donors (Lipinski definition) is 1. The van der Waals surface area contributed by atoms with Crippen LogP contribution in [0.5, 0.6) is 5.75 Å². The van der Waals surface area contributed by atoms with E-state index in [0.717, 1.165) is 5.01 Å². The molecule has 1 aliphatic rings. The lowest BCUT2D eigenvalue weighted by Gasteiger charge is -2.12. The highest BCUT2D eigenvalue weighted by Crippen LogP contribution is 2.27. The molecule has 1 aliphatic heterocycles. The zero-order valence-corrected chi connectivity index (χ0v) is 16.0. The lowest BCUT2D eigenvalue weighted by molar-refractivity contribution is -0.253. The molecule has 1 N–H and O–H groups in total. The third kappa shape index (κ3) is 4.50. The fourth-order valence-electron chi connectivity index (χ4n) is 2.79. The number of hydrazone groups is 1. The van der Waals surface area contributed by atoms with E-state index in [-0.39, 0.29) is 24.5 Å². The molecule has 0 atom stereocenters. The van der Waals surface area contributed by atoms with Gasteiger partial charge >= 0.3 is 5.97 Å². The summed E-state index contributed by atoms with van der Waals surface area (Å²) in [4.78, 5) is 29.6. The summed E-state index contributed by atoms with van der Waals surface area (Å²) >= 11 is 0. The van der Waals surface area contributed by atoms with Crippen molar-refractivity contribution in [1.82, 2.24) is 0 Å². The molecular formula is C21H20N2O6. The Morgan fingerprint density at radius 2 is 1.97 bits per heavy atom. The largest absolute Gasteiger partial charge is 0.497 e. The molecule has 8 nitrogen and oxygen atoms in total. The van der Waals surface area contributed by atoms with Crippen LogP contribution in [0, 0.1) is 0 Å². The van der Waals surface area contributed by atoms with Gasteiger partial charge < -0.3 is 9.47 Å². The minimum Gasteiger partial charge on any atom is -0.497 e. The number of carbonyl (C=O) groups excluding carboxylic acids is 2. The van der Waals surface area contributed by atoms with E-state index < -0.39 is 11.9 Å². The summed E-state index contributed by atoms with van der Waals surface area (Å²) in [6.45, 7) is 1.79. The monoisotopic (exact) mass is 396 g/mol. The Hall–Kier alpha value is -3.49. The topological polar surface area (TPSA) is 97.7 Å². The average molecular weight is 396 g/mol. The van der Waals surface area contributed by atoms with Gasteiger partial charge in [0.05, 0.1) is 25.0 Å². The van der Waals surface area contributed by atoms with Crippen molar-refractivity contribution in [3.05, 3.63) is 65.2 Å². The highest BCUT2D eigenvalue weighted by molar-refractivity contribution is 6.54. The van der Waals surface area contributed by atoms with Crippen molar-refractivity contribution in [2.24, 2.45) is 5.10 Å². The number of methoxy groups -OCH3 is 1. The van der Waals surface area contributed by atoms with Crippen molar-refractivity contribution in [1.29, 1.82) is 0 Å². The third-order valence-electron chi connectivity index (χ3n) is 4.16. The highest BCUT2D eigenvalue weighted by Gasteiger charge is 2.36. The molecule has 0 aromatic heterocycles. The van der Waals surface area contributed by atoms with Gasteiger partial charge in [-0.2, -0.15) is 10.1 Å². The maximum absolute atomic E-state index is 13.1. The molecule has 2 aromatic rings. The first-order chi connectivity index (χ1) is 14.1. The number of rotatable bonds is 7. The fourth-order valence-corrected chi connectivity index (χ4v) is 2.79. The number of esters is 1. The maximum Gasteiger partial charge on any atom is 0.359 e. The van der Waals surface area contributed by atoms with E-state index in [1.807, 2.05) is 0 Å². The van der Waals surface area contributed by atoms with Crippen LogP contribution in [0.3, 0.4) is 0 Å². The molecule has 0 spiro atoms. The van der Waals surface area contributed by atoms with Crippen molar-refractivity contribution in [2.75, 3.05) is 18.7 Å². The van der Waals surface area contributed by atoms with Gasteiger partial charge in [0.2, 0.25) is 0 Å². The van der Waals surface area contributed by atoms with Crippen LogP contribution in [0.2, 0.25) is 0 Å². The predicted molar refractivity (Wildman–Crippen MR) is 106 cm³/mol. The Balaban J connectivity index is 2.00. The van der Waals surface area contributed by atoms with E-state index in [4.69, 9.17) is 14.7 Å². The second-order valence-corrected chi connectivity index (χ2v) is 6.06. The second-order valence-electron chi connectivity index (χ2n) is 6.06.